The number of nitrogens with zero attached hydrogens (tertiary/aromatic N) is 1. The van der Waals surface area contributed by atoms with Crippen LogP contribution in [0.25, 0.3) is 10.9 Å². The van der Waals surface area contributed by atoms with Crippen LogP contribution >= 0.6 is 0 Å². The molecule has 0 radical (unpaired) electrons. The van der Waals surface area contributed by atoms with E-state index in [1.54, 1.807) is 18.2 Å². The van der Waals surface area contributed by atoms with E-state index in [0.717, 1.165) is 6.07 Å². The first-order valence-corrected chi connectivity index (χ1v) is 13.4. The SMILES string of the molecule is COc1cc2c(Oc3ccc(NC(=O)C4(C(=O)Nc5ccc(F)cc5)CC4)cc3F)ccnc2cc1OCCCC(=O)O.[H-].[Na+]. The second-order valence-corrected chi connectivity index (χ2v) is 9.92. The number of rotatable bonds is 12. The minimum absolute atomic E-state index is 0. The number of aliphatic carboxylic acids is 1. The molecule has 1 aliphatic carbocycles. The summed E-state index contributed by atoms with van der Waals surface area (Å²) >= 11 is 0. The molecule has 44 heavy (non-hydrogen) atoms. The van der Waals surface area contributed by atoms with Gasteiger partial charge >= 0.3 is 35.5 Å². The van der Waals surface area contributed by atoms with Crippen molar-refractivity contribution in [1.29, 1.82) is 0 Å². The molecule has 0 atom stereocenters. The maximum Gasteiger partial charge on any atom is 1.00 e. The van der Waals surface area contributed by atoms with Gasteiger partial charge in [0, 0.05) is 41.5 Å². The van der Waals surface area contributed by atoms with Crippen LogP contribution in [0.5, 0.6) is 23.0 Å². The van der Waals surface area contributed by atoms with E-state index in [1.807, 2.05) is 0 Å². The quantitative estimate of drug-likeness (QED) is 0.126. The van der Waals surface area contributed by atoms with Crippen LogP contribution in [0.3, 0.4) is 0 Å². The topological polar surface area (TPSA) is 136 Å². The minimum atomic E-state index is -1.30. The number of aromatic nitrogens is 1. The summed E-state index contributed by atoms with van der Waals surface area (Å²) in [5.74, 6) is -2.33. The van der Waals surface area contributed by atoms with E-state index in [1.165, 1.54) is 49.7 Å². The summed E-state index contributed by atoms with van der Waals surface area (Å²) in [6.07, 6.45) is 2.41. The molecule has 5 rings (SSSR count). The van der Waals surface area contributed by atoms with Crippen LogP contribution in [0, 0.1) is 17.0 Å². The third-order valence-corrected chi connectivity index (χ3v) is 6.91. The molecule has 3 aromatic carbocycles. The molecule has 0 unspecified atom stereocenters. The fourth-order valence-corrected chi connectivity index (χ4v) is 4.39. The molecule has 0 saturated heterocycles. The Morgan fingerprint density at radius 3 is 2.23 bits per heavy atom. The van der Waals surface area contributed by atoms with E-state index in [9.17, 15) is 18.8 Å². The Kier molecular flexibility index (Phi) is 10.4. The van der Waals surface area contributed by atoms with Crippen LogP contribution in [0.15, 0.2) is 66.9 Å². The minimum Gasteiger partial charge on any atom is -1.00 e. The van der Waals surface area contributed by atoms with Crippen LogP contribution in [-0.4, -0.2) is 41.6 Å². The van der Waals surface area contributed by atoms with Crippen molar-refractivity contribution in [2.24, 2.45) is 5.41 Å². The first kappa shape index (κ1) is 32.6. The van der Waals surface area contributed by atoms with Crippen LogP contribution in [0.2, 0.25) is 0 Å². The molecule has 10 nitrogen and oxygen atoms in total. The number of carbonyl (C=O) groups excluding carboxylic acids is 2. The number of hydrogen-bond acceptors (Lipinski definition) is 7. The Hall–Kier alpha value is -4.26. The van der Waals surface area contributed by atoms with Crippen molar-refractivity contribution < 1.29 is 73.5 Å². The summed E-state index contributed by atoms with van der Waals surface area (Å²) in [5.41, 5.74) is -0.321. The predicted octanol–water partition coefficient (Wildman–Crippen LogP) is 3.03. The smallest absolute Gasteiger partial charge is 1.00 e. The molecule has 1 saturated carbocycles. The molecule has 224 valence electrons. The van der Waals surface area contributed by atoms with E-state index in [0.29, 0.717) is 47.4 Å². The fourth-order valence-electron chi connectivity index (χ4n) is 4.39. The zero-order chi connectivity index (χ0) is 30.6. The molecule has 4 aromatic rings. The van der Waals surface area contributed by atoms with Gasteiger partial charge in [0.15, 0.2) is 23.1 Å². The Morgan fingerprint density at radius 2 is 1.59 bits per heavy atom. The summed E-state index contributed by atoms with van der Waals surface area (Å²) in [5, 5.41) is 14.5. The first-order valence-electron chi connectivity index (χ1n) is 13.4. The summed E-state index contributed by atoms with van der Waals surface area (Å²) in [4.78, 5) is 40.8. The van der Waals surface area contributed by atoms with Crippen LogP contribution in [0.1, 0.15) is 27.1 Å². The first-order chi connectivity index (χ1) is 20.7. The third-order valence-electron chi connectivity index (χ3n) is 6.91. The molecule has 1 heterocycles. The number of carboxylic acids is 1. The number of amides is 2. The molecule has 3 N–H and O–H groups in total. The number of ether oxygens (including phenoxy) is 3. The molecule has 1 aromatic heterocycles. The van der Waals surface area contributed by atoms with Gasteiger partial charge in [-0.05, 0) is 67.8 Å². The standard InChI is InChI=1S/C31H27F2N3O7.Na.H/c1-41-26-16-21-23(17-27(26)42-14-2-3-28(37)38)34-13-10-24(21)43-25-9-8-20(15-22(25)33)36-30(40)31(11-12-31)29(39)35-19-6-4-18(32)5-7-19;;/h4-10,13,15-17H,2-3,11-12,14H2,1H3,(H,35,39)(H,36,40)(H,37,38);;/q;+1;-1. The molecular weight excluding hydrogens is 587 g/mol. The number of fused-ring (bicyclic) bond motifs is 1. The zero-order valence-electron chi connectivity index (χ0n) is 25.0. The monoisotopic (exact) mass is 615 g/mol. The van der Waals surface area contributed by atoms with E-state index in [4.69, 9.17) is 19.3 Å². The van der Waals surface area contributed by atoms with Gasteiger partial charge in [0.2, 0.25) is 11.8 Å². The number of hydrogen-bond donors (Lipinski definition) is 3. The van der Waals surface area contributed by atoms with Crippen LogP contribution in [0.4, 0.5) is 20.2 Å². The number of nitrogens with one attached hydrogen (secondary N) is 2. The number of carboxylic acid groups (broad SMARTS) is 1. The third kappa shape index (κ3) is 7.44. The number of methoxy groups -OCH3 is 1. The van der Waals surface area contributed by atoms with Gasteiger partial charge in [-0.1, -0.05) is 0 Å². The molecular formula is C31H28F2N3NaO7. The molecule has 2 amide bonds. The average molecular weight is 616 g/mol. The van der Waals surface area contributed by atoms with Gasteiger partial charge in [0.25, 0.3) is 0 Å². The molecule has 13 heteroatoms. The van der Waals surface area contributed by atoms with Crippen molar-refractivity contribution in [1.82, 2.24) is 4.98 Å². The second-order valence-electron chi connectivity index (χ2n) is 9.92. The Bertz CT molecular complexity index is 1710. The van der Waals surface area contributed by atoms with E-state index in [-0.39, 0.29) is 61.2 Å². The van der Waals surface area contributed by atoms with E-state index >= 15 is 4.39 Å². The van der Waals surface area contributed by atoms with Gasteiger partial charge < -0.3 is 31.4 Å². The van der Waals surface area contributed by atoms with E-state index in [2.05, 4.69) is 15.6 Å². The van der Waals surface area contributed by atoms with Gasteiger partial charge in [0.05, 0.1) is 19.2 Å². The van der Waals surface area contributed by atoms with Gasteiger partial charge in [-0.3, -0.25) is 19.4 Å². The summed E-state index contributed by atoms with van der Waals surface area (Å²) in [7, 11) is 1.45. The molecule has 0 spiro atoms. The number of anilines is 2. The van der Waals surface area contributed by atoms with Crippen molar-refractivity contribution in [3.8, 4) is 23.0 Å². The summed E-state index contributed by atoms with van der Waals surface area (Å²) in [6.45, 7) is 0.165. The largest absolute Gasteiger partial charge is 1.00 e. The van der Waals surface area contributed by atoms with Crippen molar-refractivity contribution >= 4 is 40.1 Å². The predicted molar refractivity (Wildman–Crippen MR) is 154 cm³/mol. The Labute approximate surface area is 274 Å². The maximum absolute atomic E-state index is 15.1. The fraction of sp³-hybridized carbons (Fsp3) is 0.226. The molecule has 1 fully saturated rings. The van der Waals surface area contributed by atoms with Crippen molar-refractivity contribution in [3.05, 3.63) is 78.5 Å². The van der Waals surface area contributed by atoms with Crippen molar-refractivity contribution in [2.75, 3.05) is 24.4 Å². The van der Waals surface area contributed by atoms with Gasteiger partial charge in [0.1, 0.15) is 17.0 Å². The summed E-state index contributed by atoms with van der Waals surface area (Å²) in [6, 6.07) is 13.9. The average Bonchev–Trinajstić information content (AvgIpc) is 3.80. The number of benzene rings is 3. The number of pyridine rings is 1. The molecule has 1 aliphatic rings. The number of halogens is 2. The Morgan fingerprint density at radius 1 is 0.909 bits per heavy atom. The Balaban J connectivity index is 0.00000276. The molecule has 0 aliphatic heterocycles. The zero-order valence-corrected chi connectivity index (χ0v) is 26.0. The second kappa shape index (κ2) is 14.0. The number of carbonyl (C=O) groups is 3. The normalized spacial score (nSPS) is 12.9. The van der Waals surface area contributed by atoms with Gasteiger partial charge in [-0.15, -0.1) is 0 Å². The summed E-state index contributed by atoms with van der Waals surface area (Å²) < 4.78 is 45.3. The van der Waals surface area contributed by atoms with Gasteiger partial charge in [-0.2, -0.15) is 0 Å². The molecule has 0 bridgehead atoms. The van der Waals surface area contributed by atoms with Gasteiger partial charge in [-0.25, -0.2) is 8.78 Å². The van der Waals surface area contributed by atoms with Crippen LogP contribution in [-0.2, 0) is 14.4 Å². The van der Waals surface area contributed by atoms with E-state index < -0.39 is 34.8 Å². The van der Waals surface area contributed by atoms with Crippen LogP contribution < -0.4 is 54.4 Å². The maximum atomic E-state index is 15.1. The van der Waals surface area contributed by atoms with Crippen molar-refractivity contribution in [2.45, 2.75) is 25.7 Å². The van der Waals surface area contributed by atoms with Crippen molar-refractivity contribution in [3.63, 3.8) is 0 Å².